The first-order chi connectivity index (χ1) is 5.82. The fraction of sp³-hybridized carbons (Fsp3) is 0.556. The molecule has 0 aromatic rings. The molecule has 72 valence electrons. The monoisotopic (exact) mass is 181 g/mol. The van der Waals surface area contributed by atoms with Gasteiger partial charge < -0.3 is 5.32 Å². The van der Waals surface area contributed by atoms with Gasteiger partial charge in [-0.15, -0.1) is 0 Å². The van der Waals surface area contributed by atoms with Crippen molar-refractivity contribution in [3.63, 3.8) is 0 Å². The van der Waals surface area contributed by atoms with Gasteiger partial charge in [-0.2, -0.15) is 5.10 Å². The number of nitrogens with one attached hydrogen (secondary N) is 1. The number of carbonyl (C=O) groups is 1. The smallest absolute Gasteiger partial charge is 0.273 e. The second kappa shape index (κ2) is 2.87. The van der Waals surface area contributed by atoms with Crippen LogP contribution in [0.4, 0.5) is 0 Å². The van der Waals surface area contributed by atoms with Crippen LogP contribution in [0.1, 0.15) is 20.8 Å². The Bertz CT molecular complexity index is 286. The van der Waals surface area contributed by atoms with E-state index in [0.717, 1.165) is 0 Å². The van der Waals surface area contributed by atoms with E-state index in [1.54, 1.807) is 12.1 Å². The van der Waals surface area contributed by atoms with Gasteiger partial charge in [-0.05, 0) is 0 Å². The van der Waals surface area contributed by atoms with Gasteiger partial charge in [0.25, 0.3) is 5.91 Å². The molecule has 0 fully saturated rings. The zero-order valence-corrected chi connectivity index (χ0v) is 8.51. The first-order valence-corrected chi connectivity index (χ1v) is 4.15. The van der Waals surface area contributed by atoms with Crippen molar-refractivity contribution in [2.75, 3.05) is 7.05 Å². The molecular formula is C9H15N3O. The normalized spacial score (nSPS) is 18.5. The summed E-state index contributed by atoms with van der Waals surface area (Å²) in [5.41, 5.74) is 0.293. The quantitative estimate of drug-likeness (QED) is 0.604. The molecule has 0 unspecified atom stereocenters. The van der Waals surface area contributed by atoms with Crippen LogP contribution in [0.25, 0.3) is 0 Å². The fourth-order valence-corrected chi connectivity index (χ4v) is 1.02. The molecule has 1 heterocycles. The highest BCUT2D eigenvalue weighted by molar-refractivity contribution is 6.41. The lowest BCUT2D eigenvalue weighted by atomic mass is 9.89. The van der Waals surface area contributed by atoms with E-state index in [9.17, 15) is 4.79 Å². The SMILES string of the molecule is C=C1NC(=O)C(C(C)(C)C)=NN1C. The highest BCUT2D eigenvalue weighted by Gasteiger charge is 2.30. The molecule has 1 rings (SSSR count). The molecule has 13 heavy (non-hydrogen) atoms. The summed E-state index contributed by atoms with van der Waals surface area (Å²) in [6.07, 6.45) is 0. The largest absolute Gasteiger partial charge is 0.306 e. The summed E-state index contributed by atoms with van der Waals surface area (Å²) in [5, 5.41) is 8.37. The topological polar surface area (TPSA) is 44.7 Å². The maximum absolute atomic E-state index is 11.5. The molecule has 4 nitrogen and oxygen atoms in total. The number of hydrogen-bond acceptors (Lipinski definition) is 3. The summed E-state index contributed by atoms with van der Waals surface area (Å²) in [5.74, 6) is 0.355. The van der Waals surface area contributed by atoms with E-state index in [2.05, 4.69) is 17.0 Å². The van der Waals surface area contributed by atoms with Crippen molar-refractivity contribution in [3.05, 3.63) is 12.4 Å². The van der Waals surface area contributed by atoms with Gasteiger partial charge >= 0.3 is 0 Å². The lowest BCUT2D eigenvalue weighted by molar-refractivity contribution is -0.115. The number of carbonyl (C=O) groups excluding carboxylic acids is 1. The molecule has 0 aromatic heterocycles. The van der Waals surface area contributed by atoms with Crippen LogP contribution < -0.4 is 5.32 Å². The Kier molecular flexibility index (Phi) is 2.15. The minimum Gasteiger partial charge on any atom is -0.306 e. The van der Waals surface area contributed by atoms with Crippen LogP contribution in [-0.4, -0.2) is 23.7 Å². The molecule has 4 heteroatoms. The Morgan fingerprint density at radius 2 is 2.00 bits per heavy atom. The Morgan fingerprint density at radius 1 is 1.46 bits per heavy atom. The van der Waals surface area contributed by atoms with E-state index < -0.39 is 0 Å². The molecule has 0 aliphatic carbocycles. The van der Waals surface area contributed by atoms with Gasteiger partial charge in [0.15, 0.2) is 0 Å². The molecule has 1 amide bonds. The number of amides is 1. The van der Waals surface area contributed by atoms with Gasteiger partial charge in [-0.25, -0.2) is 0 Å². The lowest BCUT2D eigenvalue weighted by Crippen LogP contribution is -2.45. The van der Waals surface area contributed by atoms with Gasteiger partial charge in [-0.1, -0.05) is 27.4 Å². The fourth-order valence-electron chi connectivity index (χ4n) is 1.02. The average molecular weight is 181 g/mol. The van der Waals surface area contributed by atoms with Crippen molar-refractivity contribution in [2.24, 2.45) is 10.5 Å². The van der Waals surface area contributed by atoms with E-state index in [1.165, 1.54) is 0 Å². The summed E-state index contributed by atoms with van der Waals surface area (Å²) in [6, 6.07) is 0. The zero-order valence-electron chi connectivity index (χ0n) is 8.51. The Labute approximate surface area is 78.3 Å². The molecule has 1 aliphatic rings. The van der Waals surface area contributed by atoms with Crippen LogP contribution in [-0.2, 0) is 4.79 Å². The molecular weight excluding hydrogens is 166 g/mol. The minimum absolute atomic E-state index is 0.157. The number of rotatable bonds is 0. The van der Waals surface area contributed by atoms with Crippen LogP contribution in [0.3, 0.4) is 0 Å². The molecule has 1 aliphatic heterocycles. The summed E-state index contributed by atoms with van der Waals surface area (Å²) in [7, 11) is 1.76. The van der Waals surface area contributed by atoms with Crippen LogP contribution in [0.5, 0.6) is 0 Å². The van der Waals surface area contributed by atoms with Gasteiger partial charge in [0, 0.05) is 12.5 Å². The van der Waals surface area contributed by atoms with Crippen LogP contribution in [0.15, 0.2) is 17.5 Å². The third-order valence-corrected chi connectivity index (χ3v) is 1.82. The van der Waals surface area contributed by atoms with Crippen LogP contribution in [0.2, 0.25) is 0 Å². The van der Waals surface area contributed by atoms with E-state index in [4.69, 9.17) is 0 Å². The Balaban J connectivity index is 3.04. The van der Waals surface area contributed by atoms with Crippen molar-refractivity contribution < 1.29 is 4.79 Å². The Morgan fingerprint density at radius 3 is 2.46 bits per heavy atom. The second-order valence-corrected chi connectivity index (χ2v) is 4.12. The standard InChI is InChI=1S/C9H15N3O/c1-6-10-8(13)7(9(2,3)4)11-12(6)5/h1H2,2-5H3,(H,10,13). The third kappa shape index (κ3) is 1.88. The maximum Gasteiger partial charge on any atom is 0.273 e. The Hall–Kier alpha value is -1.32. The van der Waals surface area contributed by atoms with Gasteiger partial charge in [0.05, 0.1) is 0 Å². The van der Waals surface area contributed by atoms with E-state index >= 15 is 0 Å². The summed E-state index contributed by atoms with van der Waals surface area (Å²) in [4.78, 5) is 11.5. The van der Waals surface area contributed by atoms with E-state index in [-0.39, 0.29) is 11.3 Å². The van der Waals surface area contributed by atoms with Crippen molar-refractivity contribution >= 4 is 11.6 Å². The zero-order chi connectivity index (χ0) is 10.2. The number of hydrazone groups is 1. The second-order valence-electron chi connectivity index (χ2n) is 4.12. The summed E-state index contributed by atoms with van der Waals surface area (Å²) in [6.45, 7) is 9.50. The van der Waals surface area contributed by atoms with Crippen molar-refractivity contribution in [1.29, 1.82) is 0 Å². The first-order valence-electron chi connectivity index (χ1n) is 4.15. The predicted octanol–water partition coefficient (Wildman–Crippen LogP) is 0.921. The molecule has 0 saturated carbocycles. The average Bonchev–Trinajstić information content (AvgIpc) is 1.94. The number of nitrogens with zero attached hydrogens (tertiary/aromatic N) is 2. The minimum atomic E-state index is -0.237. The molecule has 0 saturated heterocycles. The van der Waals surface area contributed by atoms with E-state index in [1.807, 2.05) is 20.8 Å². The predicted molar refractivity (Wildman–Crippen MR) is 51.9 cm³/mol. The molecule has 0 bridgehead atoms. The molecule has 0 spiro atoms. The molecule has 0 radical (unpaired) electrons. The van der Waals surface area contributed by atoms with Crippen molar-refractivity contribution in [3.8, 4) is 0 Å². The first kappa shape index (κ1) is 9.77. The highest BCUT2D eigenvalue weighted by Crippen LogP contribution is 2.19. The number of hydrogen-bond donors (Lipinski definition) is 1. The summed E-state index contributed by atoms with van der Waals surface area (Å²) >= 11 is 0. The van der Waals surface area contributed by atoms with Crippen molar-refractivity contribution in [1.82, 2.24) is 10.3 Å². The maximum atomic E-state index is 11.5. The van der Waals surface area contributed by atoms with Gasteiger partial charge in [-0.3, -0.25) is 9.80 Å². The van der Waals surface area contributed by atoms with Crippen LogP contribution >= 0.6 is 0 Å². The van der Waals surface area contributed by atoms with E-state index in [0.29, 0.717) is 11.5 Å². The van der Waals surface area contributed by atoms with Crippen LogP contribution in [0, 0.1) is 5.41 Å². The van der Waals surface area contributed by atoms with Crippen molar-refractivity contribution in [2.45, 2.75) is 20.8 Å². The molecule has 0 aromatic carbocycles. The summed E-state index contributed by atoms with van der Waals surface area (Å²) < 4.78 is 0. The lowest BCUT2D eigenvalue weighted by Gasteiger charge is -2.29. The van der Waals surface area contributed by atoms with Gasteiger partial charge in [0.1, 0.15) is 11.5 Å². The third-order valence-electron chi connectivity index (χ3n) is 1.82. The molecule has 0 atom stereocenters. The highest BCUT2D eigenvalue weighted by atomic mass is 16.2. The van der Waals surface area contributed by atoms with Gasteiger partial charge in [0.2, 0.25) is 0 Å². The molecule has 1 N–H and O–H groups in total.